The van der Waals surface area contributed by atoms with Crippen LogP contribution in [0.15, 0.2) is 72.8 Å². The smallest absolute Gasteiger partial charge is 0.161 e. The minimum Gasteiger partial charge on any atom is -0.504 e. The van der Waals surface area contributed by atoms with Gasteiger partial charge in [-0.05, 0) is 29.7 Å². The van der Waals surface area contributed by atoms with Crippen LogP contribution in [0.3, 0.4) is 0 Å². The van der Waals surface area contributed by atoms with E-state index in [1.165, 1.54) is 6.07 Å². The van der Waals surface area contributed by atoms with Gasteiger partial charge >= 0.3 is 0 Å². The summed E-state index contributed by atoms with van der Waals surface area (Å²) in [6.07, 6.45) is 0. The topological polar surface area (TPSA) is 40.5 Å². The van der Waals surface area contributed by atoms with Crippen molar-refractivity contribution >= 4 is 0 Å². The van der Waals surface area contributed by atoms with Crippen LogP contribution >= 0.6 is 0 Å². The summed E-state index contributed by atoms with van der Waals surface area (Å²) in [6.45, 7) is 1.95. The average Bonchev–Trinajstić information content (AvgIpc) is 2.57. The van der Waals surface area contributed by atoms with Crippen LogP contribution in [0.5, 0.6) is 11.5 Å². The van der Waals surface area contributed by atoms with E-state index < -0.39 is 0 Å². The Morgan fingerprint density at radius 2 is 1.18 bits per heavy atom. The van der Waals surface area contributed by atoms with Gasteiger partial charge < -0.3 is 10.2 Å². The van der Waals surface area contributed by atoms with Crippen LogP contribution in [-0.2, 0) is 0 Å². The van der Waals surface area contributed by atoms with Crippen molar-refractivity contribution in [2.24, 2.45) is 0 Å². The van der Waals surface area contributed by atoms with E-state index in [4.69, 9.17) is 0 Å². The zero-order valence-corrected chi connectivity index (χ0v) is 12.4. The number of hydrogen-bond donors (Lipinski definition) is 2. The van der Waals surface area contributed by atoms with Gasteiger partial charge in [0.05, 0.1) is 0 Å². The zero-order valence-electron chi connectivity index (χ0n) is 12.4. The highest BCUT2D eigenvalue weighted by Gasteiger charge is 2.23. The van der Waals surface area contributed by atoms with Crippen molar-refractivity contribution < 1.29 is 10.2 Å². The van der Waals surface area contributed by atoms with Crippen LogP contribution in [0.25, 0.3) is 0 Å². The molecular formula is C20H18O2. The molecule has 0 amide bonds. The Kier molecular flexibility index (Phi) is 3.84. The molecule has 0 atom stereocenters. The third kappa shape index (κ3) is 2.56. The Bertz CT molecular complexity index is 725. The van der Waals surface area contributed by atoms with Crippen LogP contribution in [0.2, 0.25) is 0 Å². The molecular weight excluding hydrogens is 272 g/mol. The summed E-state index contributed by atoms with van der Waals surface area (Å²) in [5.74, 6) is -0.246. The second kappa shape index (κ2) is 5.94. The molecule has 0 aliphatic heterocycles. The third-order valence-electron chi connectivity index (χ3n) is 3.97. The van der Waals surface area contributed by atoms with E-state index in [9.17, 15) is 10.2 Å². The molecule has 2 N–H and O–H groups in total. The molecule has 0 bridgehead atoms. The van der Waals surface area contributed by atoms with Crippen LogP contribution in [0, 0.1) is 6.92 Å². The first-order valence-electron chi connectivity index (χ1n) is 7.30. The molecule has 22 heavy (non-hydrogen) atoms. The highest BCUT2D eigenvalue weighted by molar-refractivity contribution is 5.56. The fourth-order valence-electron chi connectivity index (χ4n) is 2.88. The number of phenolic OH excluding ortho intramolecular Hbond substituents is 2. The first-order chi connectivity index (χ1) is 10.7. The molecule has 0 saturated carbocycles. The number of hydrogen-bond acceptors (Lipinski definition) is 2. The fourth-order valence-corrected chi connectivity index (χ4v) is 2.88. The Balaban J connectivity index is 2.26. The van der Waals surface area contributed by atoms with Crippen molar-refractivity contribution in [3.8, 4) is 11.5 Å². The number of aromatic hydroxyl groups is 2. The van der Waals surface area contributed by atoms with Crippen LogP contribution in [0.4, 0.5) is 0 Å². The van der Waals surface area contributed by atoms with Gasteiger partial charge in [0.2, 0.25) is 0 Å². The minimum atomic E-state index is -0.116. The number of benzene rings is 3. The lowest BCUT2D eigenvalue weighted by Gasteiger charge is -2.22. The molecule has 0 aromatic heterocycles. The maximum absolute atomic E-state index is 10.4. The minimum absolute atomic E-state index is 0.0438. The van der Waals surface area contributed by atoms with Gasteiger partial charge in [0.1, 0.15) is 0 Å². The second-order valence-corrected chi connectivity index (χ2v) is 5.42. The Morgan fingerprint density at radius 3 is 1.68 bits per heavy atom. The quantitative estimate of drug-likeness (QED) is 0.547. The predicted molar refractivity (Wildman–Crippen MR) is 88.3 cm³/mol. The molecule has 110 valence electrons. The Labute approximate surface area is 130 Å². The van der Waals surface area contributed by atoms with Gasteiger partial charge in [0.25, 0.3) is 0 Å². The lowest BCUT2D eigenvalue weighted by molar-refractivity contribution is 0.398. The number of phenols is 2. The molecule has 0 saturated heterocycles. The fraction of sp³-hybridized carbons (Fsp3) is 0.100. The third-order valence-corrected chi connectivity index (χ3v) is 3.97. The molecule has 0 aliphatic carbocycles. The standard InChI is InChI=1S/C20H18O2/c1-14-12-13-17(21)20(22)18(14)19(15-8-4-2-5-9-15)16-10-6-3-7-11-16/h2-13,19,21-22H,1H3. The van der Waals surface area contributed by atoms with E-state index in [1.807, 2.05) is 73.7 Å². The van der Waals surface area contributed by atoms with Crippen LogP contribution in [0.1, 0.15) is 28.2 Å². The second-order valence-electron chi connectivity index (χ2n) is 5.42. The van der Waals surface area contributed by atoms with Crippen molar-refractivity contribution in [1.82, 2.24) is 0 Å². The average molecular weight is 290 g/mol. The molecule has 3 rings (SSSR count). The lowest BCUT2D eigenvalue weighted by Crippen LogP contribution is -2.05. The van der Waals surface area contributed by atoms with Crippen molar-refractivity contribution in [2.75, 3.05) is 0 Å². The summed E-state index contributed by atoms with van der Waals surface area (Å²) in [7, 11) is 0. The monoisotopic (exact) mass is 290 g/mol. The SMILES string of the molecule is Cc1ccc(O)c(O)c1C(c1ccccc1)c1ccccc1. The van der Waals surface area contributed by atoms with Crippen molar-refractivity contribution in [3.05, 3.63) is 95.1 Å². The summed E-state index contributed by atoms with van der Waals surface area (Å²) in [5.41, 5.74) is 3.86. The molecule has 0 spiro atoms. The summed E-state index contributed by atoms with van der Waals surface area (Å²) in [4.78, 5) is 0. The summed E-state index contributed by atoms with van der Waals surface area (Å²) in [5, 5.41) is 20.3. The van der Waals surface area contributed by atoms with E-state index in [-0.39, 0.29) is 17.4 Å². The molecule has 0 radical (unpaired) electrons. The van der Waals surface area contributed by atoms with E-state index >= 15 is 0 Å². The Hall–Kier alpha value is -2.74. The van der Waals surface area contributed by atoms with E-state index in [0.717, 1.165) is 22.3 Å². The van der Waals surface area contributed by atoms with Crippen LogP contribution in [-0.4, -0.2) is 10.2 Å². The maximum Gasteiger partial charge on any atom is 0.161 e. The summed E-state index contributed by atoms with van der Waals surface area (Å²) >= 11 is 0. The summed E-state index contributed by atoms with van der Waals surface area (Å²) < 4.78 is 0. The van der Waals surface area contributed by atoms with Gasteiger partial charge in [0, 0.05) is 11.5 Å². The Morgan fingerprint density at radius 1 is 0.682 bits per heavy atom. The molecule has 0 fully saturated rings. The normalized spacial score (nSPS) is 10.8. The van der Waals surface area contributed by atoms with Gasteiger partial charge in [-0.25, -0.2) is 0 Å². The van der Waals surface area contributed by atoms with Gasteiger partial charge in [-0.15, -0.1) is 0 Å². The first-order valence-corrected chi connectivity index (χ1v) is 7.30. The first kappa shape index (κ1) is 14.2. The van der Waals surface area contributed by atoms with Gasteiger partial charge in [-0.1, -0.05) is 66.7 Å². The summed E-state index contributed by atoms with van der Waals surface area (Å²) in [6, 6.07) is 23.4. The molecule has 3 aromatic carbocycles. The van der Waals surface area contributed by atoms with Crippen molar-refractivity contribution in [2.45, 2.75) is 12.8 Å². The molecule has 2 heteroatoms. The van der Waals surface area contributed by atoms with Gasteiger partial charge in [-0.3, -0.25) is 0 Å². The number of rotatable bonds is 3. The molecule has 0 aliphatic rings. The predicted octanol–water partition coefficient (Wildman–Crippen LogP) is 4.59. The molecule has 0 unspecified atom stereocenters. The zero-order chi connectivity index (χ0) is 15.5. The maximum atomic E-state index is 10.4. The lowest BCUT2D eigenvalue weighted by atomic mass is 9.82. The van der Waals surface area contributed by atoms with E-state index in [1.54, 1.807) is 0 Å². The molecule has 3 aromatic rings. The molecule has 2 nitrogen and oxygen atoms in total. The van der Waals surface area contributed by atoms with Crippen molar-refractivity contribution in [1.29, 1.82) is 0 Å². The number of aryl methyl sites for hydroxylation is 1. The highest BCUT2D eigenvalue weighted by atomic mass is 16.3. The highest BCUT2D eigenvalue weighted by Crippen LogP contribution is 2.42. The van der Waals surface area contributed by atoms with Crippen molar-refractivity contribution in [3.63, 3.8) is 0 Å². The molecule has 0 heterocycles. The van der Waals surface area contributed by atoms with Crippen LogP contribution < -0.4 is 0 Å². The van der Waals surface area contributed by atoms with E-state index in [2.05, 4.69) is 0 Å². The van der Waals surface area contributed by atoms with E-state index in [0.29, 0.717) is 0 Å². The largest absolute Gasteiger partial charge is 0.504 e. The van der Waals surface area contributed by atoms with Gasteiger partial charge in [-0.2, -0.15) is 0 Å². The van der Waals surface area contributed by atoms with Gasteiger partial charge in [0.15, 0.2) is 11.5 Å².